The Kier molecular flexibility index (Phi) is 23.1. The zero-order valence-electron chi connectivity index (χ0n) is 19.1. The lowest BCUT2D eigenvalue weighted by atomic mass is 10.2. The first kappa shape index (κ1) is 31.4. The van der Waals surface area contributed by atoms with Crippen molar-refractivity contribution in [2.75, 3.05) is 46.6 Å². The van der Waals surface area contributed by atoms with E-state index in [1.54, 1.807) is 13.8 Å². The zero-order valence-corrected chi connectivity index (χ0v) is 19.1. The third-order valence-corrected chi connectivity index (χ3v) is 3.58. The lowest BCUT2D eigenvalue weighted by Crippen LogP contribution is -2.33. The predicted octanol–water partition coefficient (Wildman–Crippen LogP) is 0.838. The Morgan fingerprint density at radius 3 is 2.13 bits per heavy atom. The second-order valence-electron chi connectivity index (χ2n) is 6.65. The molecule has 0 rings (SSSR count). The van der Waals surface area contributed by atoms with Crippen molar-refractivity contribution in [2.24, 2.45) is 0 Å². The Morgan fingerprint density at radius 2 is 1.58 bits per heavy atom. The Balaban J connectivity index is 0. The molecule has 0 aromatic carbocycles. The first-order valence-corrected chi connectivity index (χ1v) is 10.3. The number of unbranched alkanes of at least 4 members (excludes halogenated alkanes) is 3. The van der Waals surface area contributed by atoms with Gasteiger partial charge in [-0.05, 0) is 52.4 Å². The molecule has 0 aliphatic heterocycles. The standard InChI is InChI=1S/C14H30N2O4.C7H10O4/c1-12(2)13(17)19-10-11-20-14(18)16-9-7-5-4-6-8-15-3;1-6(2)7(9)11-4-3-10-5-8/h13-18H,1,4-11H2,2-3H3;5H,1,3-4H2,2H3. The first-order chi connectivity index (χ1) is 14.8. The number of aliphatic hydroxyl groups is 2. The SMILES string of the molecule is C=C(C)C(=O)OCCOC=O.C=C(C)C(O)OCCOC(O)NCCCCCCNC. The van der Waals surface area contributed by atoms with Gasteiger partial charge in [-0.2, -0.15) is 0 Å². The van der Waals surface area contributed by atoms with Crippen LogP contribution in [0.15, 0.2) is 24.3 Å². The summed E-state index contributed by atoms with van der Waals surface area (Å²) in [6.45, 7) is 12.8. The quantitative estimate of drug-likeness (QED) is 0.0562. The lowest BCUT2D eigenvalue weighted by Gasteiger charge is -2.15. The summed E-state index contributed by atoms with van der Waals surface area (Å²) < 4.78 is 19.0. The van der Waals surface area contributed by atoms with E-state index >= 15 is 0 Å². The van der Waals surface area contributed by atoms with Crippen molar-refractivity contribution in [3.63, 3.8) is 0 Å². The van der Waals surface area contributed by atoms with Crippen LogP contribution in [0.2, 0.25) is 0 Å². The van der Waals surface area contributed by atoms with Crippen LogP contribution in [-0.2, 0) is 28.5 Å². The van der Waals surface area contributed by atoms with E-state index in [1.807, 2.05) is 7.05 Å². The Bertz CT molecular complexity index is 488. The molecule has 0 spiro atoms. The number of carbonyl (C=O) groups excluding carboxylic acids is 2. The van der Waals surface area contributed by atoms with E-state index in [0.717, 1.165) is 25.9 Å². The van der Waals surface area contributed by atoms with Crippen LogP contribution in [0.25, 0.3) is 0 Å². The molecule has 0 aromatic heterocycles. The smallest absolute Gasteiger partial charge is 0.333 e. The minimum atomic E-state index is -0.988. The average Bonchev–Trinajstić information content (AvgIpc) is 2.73. The van der Waals surface area contributed by atoms with Crippen LogP contribution in [0.3, 0.4) is 0 Å². The van der Waals surface area contributed by atoms with E-state index in [0.29, 0.717) is 17.6 Å². The molecule has 0 fully saturated rings. The molecule has 10 heteroatoms. The van der Waals surface area contributed by atoms with Crippen molar-refractivity contribution in [2.45, 2.75) is 52.2 Å². The number of ether oxygens (including phenoxy) is 4. The maximum Gasteiger partial charge on any atom is 0.333 e. The molecule has 0 aromatic rings. The maximum absolute atomic E-state index is 10.6. The minimum Gasteiger partial charge on any atom is -0.464 e. The summed E-state index contributed by atoms with van der Waals surface area (Å²) in [5.41, 5.74) is 0.873. The van der Waals surface area contributed by atoms with E-state index in [-0.39, 0.29) is 26.4 Å². The molecule has 0 amide bonds. The van der Waals surface area contributed by atoms with E-state index in [4.69, 9.17) is 9.47 Å². The topological polar surface area (TPSA) is 136 Å². The summed E-state index contributed by atoms with van der Waals surface area (Å²) in [6, 6.07) is 0. The molecule has 0 bridgehead atoms. The van der Waals surface area contributed by atoms with Crippen LogP contribution in [0.5, 0.6) is 0 Å². The largest absolute Gasteiger partial charge is 0.464 e. The number of nitrogens with one attached hydrogen (secondary N) is 2. The van der Waals surface area contributed by atoms with Crippen LogP contribution in [0, 0.1) is 0 Å². The number of carbonyl (C=O) groups is 2. The fourth-order valence-electron chi connectivity index (χ4n) is 1.88. The molecule has 0 saturated carbocycles. The van der Waals surface area contributed by atoms with Crippen molar-refractivity contribution in [1.82, 2.24) is 10.6 Å². The predicted molar refractivity (Wildman–Crippen MR) is 117 cm³/mol. The Labute approximate surface area is 185 Å². The molecule has 0 radical (unpaired) electrons. The summed E-state index contributed by atoms with van der Waals surface area (Å²) in [5, 5.41) is 24.8. The third kappa shape index (κ3) is 24.3. The van der Waals surface area contributed by atoms with Gasteiger partial charge in [-0.3, -0.25) is 10.1 Å². The Hall–Kier alpha value is -1.82. The van der Waals surface area contributed by atoms with Crippen molar-refractivity contribution in [3.8, 4) is 0 Å². The van der Waals surface area contributed by atoms with E-state index in [2.05, 4.69) is 33.3 Å². The van der Waals surface area contributed by atoms with Crippen molar-refractivity contribution in [1.29, 1.82) is 0 Å². The highest BCUT2D eigenvalue weighted by Gasteiger charge is 2.06. The molecule has 0 aliphatic carbocycles. The lowest BCUT2D eigenvalue weighted by molar-refractivity contribution is -0.149. The molecular weight excluding hydrogens is 408 g/mol. The molecule has 2 atom stereocenters. The van der Waals surface area contributed by atoms with Crippen molar-refractivity contribution in [3.05, 3.63) is 24.3 Å². The van der Waals surface area contributed by atoms with Gasteiger partial charge in [0.25, 0.3) is 6.47 Å². The summed E-state index contributed by atoms with van der Waals surface area (Å²) in [7, 11) is 1.95. The summed E-state index contributed by atoms with van der Waals surface area (Å²) in [6.07, 6.45) is 2.55. The van der Waals surface area contributed by atoms with Gasteiger partial charge in [-0.1, -0.05) is 26.0 Å². The van der Waals surface area contributed by atoms with Crippen LogP contribution in [0.1, 0.15) is 39.5 Å². The number of hydrogen-bond donors (Lipinski definition) is 4. The van der Waals surface area contributed by atoms with Gasteiger partial charge in [0, 0.05) is 5.57 Å². The molecule has 4 N–H and O–H groups in total. The van der Waals surface area contributed by atoms with E-state index < -0.39 is 18.7 Å². The second-order valence-corrected chi connectivity index (χ2v) is 6.65. The second kappa shape index (κ2) is 22.9. The average molecular weight is 449 g/mol. The molecule has 0 saturated heterocycles. The first-order valence-electron chi connectivity index (χ1n) is 10.3. The van der Waals surface area contributed by atoms with Crippen molar-refractivity contribution >= 4 is 12.4 Å². The van der Waals surface area contributed by atoms with Crippen LogP contribution in [-0.4, -0.2) is 81.9 Å². The van der Waals surface area contributed by atoms with Crippen LogP contribution >= 0.6 is 0 Å². The fraction of sp³-hybridized carbons (Fsp3) is 0.714. The highest BCUT2D eigenvalue weighted by Crippen LogP contribution is 2.00. The Morgan fingerprint density at radius 1 is 0.968 bits per heavy atom. The number of esters is 1. The summed E-state index contributed by atoms with van der Waals surface area (Å²) >= 11 is 0. The number of rotatable bonds is 19. The maximum atomic E-state index is 10.6. The molecule has 0 aliphatic rings. The van der Waals surface area contributed by atoms with Gasteiger partial charge in [-0.25, -0.2) is 4.79 Å². The van der Waals surface area contributed by atoms with Gasteiger partial charge in [0.15, 0.2) is 6.29 Å². The molecule has 31 heavy (non-hydrogen) atoms. The summed E-state index contributed by atoms with van der Waals surface area (Å²) in [4.78, 5) is 20.2. The van der Waals surface area contributed by atoms with Gasteiger partial charge in [0.2, 0.25) is 6.41 Å². The van der Waals surface area contributed by atoms with Gasteiger partial charge >= 0.3 is 5.97 Å². The number of hydrogen-bond acceptors (Lipinski definition) is 10. The highest BCUT2D eigenvalue weighted by atomic mass is 16.6. The van der Waals surface area contributed by atoms with Gasteiger partial charge in [0.05, 0.1) is 13.2 Å². The molecule has 2 unspecified atom stereocenters. The van der Waals surface area contributed by atoms with Gasteiger partial charge < -0.3 is 34.5 Å². The fourth-order valence-corrected chi connectivity index (χ4v) is 1.88. The van der Waals surface area contributed by atoms with Gasteiger partial charge in [-0.15, -0.1) is 0 Å². The summed E-state index contributed by atoms with van der Waals surface area (Å²) in [5.74, 6) is -0.473. The number of aliphatic hydroxyl groups excluding tert-OH is 2. The third-order valence-electron chi connectivity index (χ3n) is 3.58. The van der Waals surface area contributed by atoms with Crippen molar-refractivity contribution < 1.29 is 38.7 Å². The normalized spacial score (nSPS) is 12.2. The van der Waals surface area contributed by atoms with E-state index in [1.165, 1.54) is 12.8 Å². The van der Waals surface area contributed by atoms with Crippen LogP contribution < -0.4 is 10.6 Å². The van der Waals surface area contributed by atoms with E-state index in [9.17, 15) is 19.8 Å². The zero-order chi connectivity index (χ0) is 23.9. The van der Waals surface area contributed by atoms with Gasteiger partial charge in [0.1, 0.15) is 13.2 Å². The molecule has 0 heterocycles. The van der Waals surface area contributed by atoms with Crippen LogP contribution in [0.4, 0.5) is 0 Å². The molecule has 182 valence electrons. The minimum absolute atomic E-state index is 0.0738. The molecule has 10 nitrogen and oxygen atoms in total. The molecular formula is C21H40N2O8. The monoisotopic (exact) mass is 448 g/mol. The highest BCUT2D eigenvalue weighted by molar-refractivity contribution is 5.86.